The van der Waals surface area contributed by atoms with E-state index in [1.54, 1.807) is 24.3 Å². The van der Waals surface area contributed by atoms with Gasteiger partial charge in [0.1, 0.15) is 0 Å². The standard InChI is InChI=1S/C20H20N4O6S2/c25-19(11-18-16-3-1-2-4-17(16)20(26)23-22-18)21-13-5-7-15(8-6-13)32(29,30)24-14-9-10-31(27,28)12-14/h1-8,14,24H,9-12H2,(H,21,25)(H,23,26). The van der Waals surface area contributed by atoms with Gasteiger partial charge in [-0.1, -0.05) is 18.2 Å². The van der Waals surface area contributed by atoms with E-state index in [9.17, 15) is 26.4 Å². The van der Waals surface area contributed by atoms with Crippen molar-refractivity contribution in [3.63, 3.8) is 0 Å². The molecule has 0 saturated carbocycles. The lowest BCUT2D eigenvalue weighted by molar-refractivity contribution is -0.115. The molecule has 32 heavy (non-hydrogen) atoms. The summed E-state index contributed by atoms with van der Waals surface area (Å²) < 4.78 is 50.5. The number of sulfone groups is 1. The molecule has 4 rings (SSSR count). The topological polar surface area (TPSA) is 155 Å². The van der Waals surface area contributed by atoms with Crippen LogP contribution < -0.4 is 15.6 Å². The van der Waals surface area contributed by atoms with Crippen molar-refractivity contribution < 1.29 is 21.6 Å². The Morgan fingerprint density at radius 3 is 2.44 bits per heavy atom. The molecule has 1 amide bonds. The van der Waals surface area contributed by atoms with Crippen molar-refractivity contribution >= 4 is 42.2 Å². The number of rotatable bonds is 6. The number of hydrogen-bond acceptors (Lipinski definition) is 7. The first-order valence-electron chi connectivity index (χ1n) is 9.72. The van der Waals surface area contributed by atoms with Crippen LogP contribution in [0.1, 0.15) is 12.1 Å². The fourth-order valence-electron chi connectivity index (χ4n) is 3.56. The summed E-state index contributed by atoms with van der Waals surface area (Å²) in [4.78, 5) is 24.3. The Morgan fingerprint density at radius 2 is 1.78 bits per heavy atom. The number of aromatic amines is 1. The fraction of sp³-hybridized carbons (Fsp3) is 0.250. The van der Waals surface area contributed by atoms with Gasteiger partial charge in [-0.3, -0.25) is 9.59 Å². The van der Waals surface area contributed by atoms with E-state index in [-0.39, 0.29) is 40.7 Å². The number of anilines is 1. The summed E-state index contributed by atoms with van der Waals surface area (Å²) in [6.45, 7) is 0. The molecule has 3 N–H and O–H groups in total. The SMILES string of the molecule is O=C(Cc1n[nH]c(=O)c2ccccc12)Nc1ccc(S(=O)(=O)NC2CCS(=O)(=O)C2)cc1. The molecule has 0 spiro atoms. The molecule has 0 aliphatic carbocycles. The monoisotopic (exact) mass is 476 g/mol. The molecule has 168 valence electrons. The molecule has 1 unspecified atom stereocenters. The molecule has 1 aliphatic heterocycles. The number of sulfonamides is 1. The molecular weight excluding hydrogens is 456 g/mol. The maximum absolute atomic E-state index is 12.5. The molecule has 1 aromatic heterocycles. The molecule has 10 nitrogen and oxygen atoms in total. The van der Waals surface area contributed by atoms with Crippen LogP contribution in [0.15, 0.2) is 58.2 Å². The molecule has 2 aromatic carbocycles. The van der Waals surface area contributed by atoms with E-state index in [4.69, 9.17) is 0 Å². The number of carbonyl (C=O) groups excluding carboxylic acids is 1. The number of hydrogen-bond donors (Lipinski definition) is 3. The van der Waals surface area contributed by atoms with Crippen molar-refractivity contribution in [3.05, 3.63) is 64.6 Å². The predicted octanol–water partition coefficient (Wildman–Crippen LogP) is 0.570. The summed E-state index contributed by atoms with van der Waals surface area (Å²) in [5.74, 6) is -0.641. The molecule has 3 aromatic rings. The fourth-order valence-corrected chi connectivity index (χ4v) is 6.61. The minimum absolute atomic E-state index is 0.0342. The molecule has 12 heteroatoms. The summed E-state index contributed by atoms with van der Waals surface area (Å²) >= 11 is 0. The van der Waals surface area contributed by atoms with Gasteiger partial charge in [-0.15, -0.1) is 0 Å². The Labute approximate surface area is 184 Å². The van der Waals surface area contributed by atoms with E-state index in [2.05, 4.69) is 20.2 Å². The maximum Gasteiger partial charge on any atom is 0.272 e. The van der Waals surface area contributed by atoms with Gasteiger partial charge >= 0.3 is 0 Å². The summed E-state index contributed by atoms with van der Waals surface area (Å²) in [6, 6.07) is 11.7. The summed E-state index contributed by atoms with van der Waals surface area (Å²) in [5, 5.41) is 10.0. The second kappa shape index (κ2) is 8.45. The zero-order valence-corrected chi connectivity index (χ0v) is 18.4. The highest BCUT2D eigenvalue weighted by molar-refractivity contribution is 7.92. The van der Waals surface area contributed by atoms with Gasteiger partial charge in [0.2, 0.25) is 15.9 Å². The molecule has 2 heterocycles. The lowest BCUT2D eigenvalue weighted by Crippen LogP contribution is -2.35. The van der Waals surface area contributed by atoms with Crippen LogP contribution >= 0.6 is 0 Å². The van der Waals surface area contributed by atoms with Crippen LogP contribution in [0.5, 0.6) is 0 Å². The van der Waals surface area contributed by atoms with Crippen molar-refractivity contribution in [2.45, 2.75) is 23.8 Å². The molecule has 1 saturated heterocycles. The van der Waals surface area contributed by atoms with E-state index in [0.29, 0.717) is 22.2 Å². The lowest BCUT2D eigenvalue weighted by Gasteiger charge is -2.12. The van der Waals surface area contributed by atoms with Crippen LogP contribution in [0.25, 0.3) is 10.8 Å². The molecule has 0 radical (unpaired) electrons. The Morgan fingerprint density at radius 1 is 1.09 bits per heavy atom. The van der Waals surface area contributed by atoms with Crippen molar-refractivity contribution in [3.8, 4) is 0 Å². The van der Waals surface area contributed by atoms with Crippen molar-refractivity contribution in [1.29, 1.82) is 0 Å². The van der Waals surface area contributed by atoms with E-state index in [1.807, 2.05) is 0 Å². The van der Waals surface area contributed by atoms with Crippen LogP contribution in [0.4, 0.5) is 5.69 Å². The normalized spacial score (nSPS) is 17.9. The number of nitrogens with one attached hydrogen (secondary N) is 3. The van der Waals surface area contributed by atoms with Crippen LogP contribution in [-0.4, -0.2) is 50.5 Å². The largest absolute Gasteiger partial charge is 0.326 e. The average molecular weight is 477 g/mol. The smallest absolute Gasteiger partial charge is 0.272 e. The predicted molar refractivity (Wildman–Crippen MR) is 119 cm³/mol. The molecule has 1 atom stereocenters. The van der Waals surface area contributed by atoms with Crippen LogP contribution in [0, 0.1) is 0 Å². The number of carbonyl (C=O) groups is 1. The van der Waals surface area contributed by atoms with Crippen molar-refractivity contribution in [1.82, 2.24) is 14.9 Å². The van der Waals surface area contributed by atoms with Gasteiger partial charge in [0, 0.05) is 17.1 Å². The Bertz CT molecular complexity index is 1450. The zero-order valence-electron chi connectivity index (χ0n) is 16.7. The number of nitrogens with zero attached hydrogens (tertiary/aromatic N) is 1. The number of benzene rings is 2. The number of H-pyrrole nitrogens is 1. The molecule has 1 fully saturated rings. The highest BCUT2D eigenvalue weighted by atomic mass is 32.2. The second-order valence-corrected chi connectivity index (χ2v) is 11.5. The third-order valence-electron chi connectivity index (χ3n) is 5.11. The average Bonchev–Trinajstić information content (AvgIpc) is 3.08. The third kappa shape index (κ3) is 4.87. The Balaban J connectivity index is 1.43. The first-order valence-corrected chi connectivity index (χ1v) is 13.0. The van der Waals surface area contributed by atoms with Crippen molar-refractivity contribution in [2.24, 2.45) is 0 Å². The minimum atomic E-state index is -3.89. The number of aromatic nitrogens is 2. The molecule has 0 bridgehead atoms. The van der Waals surface area contributed by atoms with Crippen LogP contribution in [0.3, 0.4) is 0 Å². The number of amides is 1. The highest BCUT2D eigenvalue weighted by Crippen LogP contribution is 2.18. The van der Waals surface area contributed by atoms with Gasteiger partial charge < -0.3 is 5.32 Å². The Kier molecular flexibility index (Phi) is 5.84. The van der Waals surface area contributed by atoms with Crippen LogP contribution in [0.2, 0.25) is 0 Å². The maximum atomic E-state index is 12.5. The van der Waals surface area contributed by atoms with Gasteiger partial charge in [0.05, 0.1) is 33.9 Å². The quantitative estimate of drug-likeness (QED) is 0.470. The minimum Gasteiger partial charge on any atom is -0.326 e. The number of fused-ring (bicyclic) bond motifs is 1. The summed E-state index contributed by atoms with van der Waals surface area (Å²) in [5.41, 5.74) is 0.448. The zero-order chi connectivity index (χ0) is 22.9. The molecule has 1 aliphatic rings. The van der Waals surface area contributed by atoms with Gasteiger partial charge in [0.15, 0.2) is 9.84 Å². The van der Waals surface area contributed by atoms with Gasteiger partial charge in [0.25, 0.3) is 5.56 Å². The first-order chi connectivity index (χ1) is 15.1. The Hall–Kier alpha value is -3.09. The van der Waals surface area contributed by atoms with E-state index < -0.39 is 25.9 Å². The van der Waals surface area contributed by atoms with Gasteiger partial charge in [-0.25, -0.2) is 26.7 Å². The van der Waals surface area contributed by atoms with E-state index >= 15 is 0 Å². The van der Waals surface area contributed by atoms with E-state index in [1.165, 1.54) is 24.3 Å². The lowest BCUT2D eigenvalue weighted by atomic mass is 10.1. The van der Waals surface area contributed by atoms with Crippen molar-refractivity contribution in [2.75, 3.05) is 16.8 Å². The third-order valence-corrected chi connectivity index (χ3v) is 8.41. The second-order valence-electron chi connectivity index (χ2n) is 7.52. The molecular formula is C20H20N4O6S2. The summed E-state index contributed by atoms with van der Waals surface area (Å²) in [7, 11) is -7.10. The highest BCUT2D eigenvalue weighted by Gasteiger charge is 2.31. The van der Waals surface area contributed by atoms with Gasteiger partial charge in [-0.2, -0.15) is 5.10 Å². The van der Waals surface area contributed by atoms with Gasteiger partial charge in [-0.05, 0) is 36.8 Å². The van der Waals surface area contributed by atoms with E-state index in [0.717, 1.165) is 0 Å². The first kappa shape index (κ1) is 22.1. The summed E-state index contributed by atoms with van der Waals surface area (Å²) in [6.07, 6.45) is 0.151. The van der Waals surface area contributed by atoms with Crippen LogP contribution in [-0.2, 0) is 31.1 Å².